The molecular weight excluding hydrogens is 385 g/mol. The number of nitrogens with one attached hydrogen (secondary N) is 2. The van der Waals surface area contributed by atoms with Crippen molar-refractivity contribution in [2.45, 2.75) is 0 Å². The van der Waals surface area contributed by atoms with Crippen molar-refractivity contribution in [1.29, 1.82) is 0 Å². The van der Waals surface area contributed by atoms with E-state index in [1.165, 1.54) is 36.4 Å². The van der Waals surface area contributed by atoms with Gasteiger partial charge in [-0.15, -0.1) is 0 Å². The summed E-state index contributed by atoms with van der Waals surface area (Å²) >= 11 is 11.8. The molecule has 8 heteroatoms. The minimum Gasteiger partial charge on any atom is -0.316 e. The van der Waals surface area contributed by atoms with E-state index >= 15 is 0 Å². The van der Waals surface area contributed by atoms with Crippen LogP contribution in [0.3, 0.4) is 0 Å². The van der Waals surface area contributed by atoms with Crippen LogP contribution in [-0.4, -0.2) is 9.97 Å². The van der Waals surface area contributed by atoms with E-state index in [1.54, 1.807) is 0 Å². The van der Waals surface area contributed by atoms with Gasteiger partial charge in [0.1, 0.15) is 22.3 Å². The van der Waals surface area contributed by atoms with Gasteiger partial charge in [-0.05, 0) is 36.4 Å². The fraction of sp³-hybridized carbons (Fsp3) is 0. The summed E-state index contributed by atoms with van der Waals surface area (Å²) in [4.78, 5) is 29.1. The van der Waals surface area contributed by atoms with Gasteiger partial charge in [0.2, 0.25) is 0 Å². The quantitative estimate of drug-likeness (QED) is 0.700. The smallest absolute Gasteiger partial charge is 0.272 e. The summed E-state index contributed by atoms with van der Waals surface area (Å²) in [5.74, 6) is -1.29. The molecule has 0 spiro atoms. The summed E-state index contributed by atoms with van der Waals surface area (Å²) in [5, 5.41) is -0.226. The Hall–Kier alpha value is -2.70. The number of halogens is 4. The molecule has 0 amide bonds. The fourth-order valence-electron chi connectivity index (χ4n) is 2.28. The highest BCUT2D eigenvalue weighted by Crippen LogP contribution is 2.19. The summed E-state index contributed by atoms with van der Waals surface area (Å²) in [6.07, 6.45) is 2.25. The molecule has 1 heterocycles. The van der Waals surface area contributed by atoms with E-state index < -0.39 is 22.8 Å². The van der Waals surface area contributed by atoms with E-state index in [4.69, 9.17) is 23.2 Å². The van der Waals surface area contributed by atoms with Crippen LogP contribution >= 0.6 is 23.2 Å². The first-order valence-corrected chi connectivity index (χ1v) is 8.06. The molecule has 0 unspecified atom stereocenters. The Morgan fingerprint density at radius 2 is 1.12 bits per heavy atom. The van der Waals surface area contributed by atoms with Crippen molar-refractivity contribution in [3.8, 4) is 0 Å². The lowest BCUT2D eigenvalue weighted by Gasteiger charge is -2.00. The Bertz CT molecular complexity index is 1100. The van der Waals surface area contributed by atoms with Gasteiger partial charge in [-0.25, -0.2) is 8.78 Å². The van der Waals surface area contributed by atoms with Gasteiger partial charge in [-0.3, -0.25) is 9.59 Å². The van der Waals surface area contributed by atoms with Gasteiger partial charge in [0.15, 0.2) is 0 Å². The number of aromatic amines is 2. The van der Waals surface area contributed by atoms with Crippen molar-refractivity contribution in [2.24, 2.45) is 0 Å². The van der Waals surface area contributed by atoms with Gasteiger partial charge in [0.05, 0.1) is 10.0 Å². The predicted molar refractivity (Wildman–Crippen MR) is 96.9 cm³/mol. The third-order valence-electron chi connectivity index (χ3n) is 3.56. The highest BCUT2D eigenvalue weighted by Gasteiger charge is 2.07. The van der Waals surface area contributed by atoms with Crippen LogP contribution < -0.4 is 21.8 Å². The van der Waals surface area contributed by atoms with E-state index in [1.807, 2.05) is 0 Å². The molecule has 2 aromatic carbocycles. The van der Waals surface area contributed by atoms with E-state index in [0.29, 0.717) is 0 Å². The van der Waals surface area contributed by atoms with Crippen molar-refractivity contribution in [3.05, 3.63) is 101 Å². The summed E-state index contributed by atoms with van der Waals surface area (Å²) in [6, 6.07) is 8.07. The minimum absolute atomic E-state index is 0.0378. The Balaban J connectivity index is 2.23. The summed E-state index contributed by atoms with van der Waals surface area (Å²) in [6.45, 7) is 0. The van der Waals surface area contributed by atoms with Gasteiger partial charge in [-0.2, -0.15) is 0 Å². The summed E-state index contributed by atoms with van der Waals surface area (Å²) < 4.78 is 27.7. The number of rotatable bonds is 2. The van der Waals surface area contributed by atoms with Crippen LogP contribution in [0, 0.1) is 11.6 Å². The topological polar surface area (TPSA) is 65.7 Å². The zero-order valence-corrected chi connectivity index (χ0v) is 14.5. The van der Waals surface area contributed by atoms with Crippen LogP contribution in [0.15, 0.2) is 46.0 Å². The highest BCUT2D eigenvalue weighted by molar-refractivity contribution is 6.32. The average molecular weight is 395 g/mol. The van der Waals surface area contributed by atoms with Crippen molar-refractivity contribution < 1.29 is 8.78 Å². The SMILES string of the molecule is O=c1[nH]c(=Cc2c(F)cccc2Cl)c(=O)[nH]c1=Cc1c(F)cccc1Cl. The van der Waals surface area contributed by atoms with Crippen LogP contribution in [0.25, 0.3) is 12.2 Å². The predicted octanol–water partition coefficient (Wildman–Crippen LogP) is 2.31. The first-order valence-electron chi connectivity index (χ1n) is 7.31. The minimum atomic E-state index is -0.706. The molecule has 26 heavy (non-hydrogen) atoms. The van der Waals surface area contributed by atoms with E-state index in [9.17, 15) is 18.4 Å². The standard InChI is InChI=1S/C18H10Cl2F2N2O2/c19-11-3-1-5-13(21)9(11)7-15-17(25)24-16(18(26)23-15)8-10-12(20)4-2-6-14(10)22/h1-8H,(H,23,26)(H,24,25). The van der Waals surface area contributed by atoms with Gasteiger partial charge in [0, 0.05) is 11.1 Å². The number of hydrogen-bond acceptors (Lipinski definition) is 2. The van der Waals surface area contributed by atoms with Crippen molar-refractivity contribution in [2.75, 3.05) is 0 Å². The van der Waals surface area contributed by atoms with Gasteiger partial charge >= 0.3 is 0 Å². The summed E-state index contributed by atoms with van der Waals surface area (Å²) in [7, 11) is 0. The van der Waals surface area contributed by atoms with Crippen LogP contribution in [-0.2, 0) is 0 Å². The maximum Gasteiger partial charge on any atom is 0.272 e. The summed E-state index contributed by atoms with van der Waals surface area (Å²) in [5.41, 5.74) is -1.49. The molecule has 4 nitrogen and oxygen atoms in total. The number of benzene rings is 2. The molecule has 0 bridgehead atoms. The third kappa shape index (κ3) is 3.61. The Morgan fingerprint density at radius 3 is 1.46 bits per heavy atom. The lowest BCUT2D eigenvalue weighted by atomic mass is 10.2. The van der Waals surface area contributed by atoms with Crippen LogP contribution in [0.4, 0.5) is 8.78 Å². The largest absolute Gasteiger partial charge is 0.316 e. The molecule has 0 atom stereocenters. The van der Waals surface area contributed by atoms with Crippen molar-refractivity contribution in [1.82, 2.24) is 9.97 Å². The van der Waals surface area contributed by atoms with Crippen LogP contribution in [0.2, 0.25) is 10.0 Å². The number of hydrogen-bond donors (Lipinski definition) is 2. The van der Waals surface area contributed by atoms with E-state index in [2.05, 4.69) is 9.97 Å². The van der Waals surface area contributed by atoms with Crippen LogP contribution in [0.1, 0.15) is 11.1 Å². The maximum atomic E-state index is 13.8. The van der Waals surface area contributed by atoms with Crippen molar-refractivity contribution in [3.63, 3.8) is 0 Å². The third-order valence-corrected chi connectivity index (χ3v) is 4.22. The van der Waals surface area contributed by atoms with Gasteiger partial charge in [0.25, 0.3) is 11.1 Å². The Kier molecular flexibility index (Phi) is 5.06. The maximum absolute atomic E-state index is 13.8. The molecule has 0 aliphatic rings. The number of H-pyrrole nitrogens is 2. The van der Waals surface area contributed by atoms with E-state index in [0.717, 1.165) is 12.2 Å². The molecule has 132 valence electrons. The zero-order chi connectivity index (χ0) is 18.8. The molecule has 0 aliphatic heterocycles. The van der Waals surface area contributed by atoms with Crippen LogP contribution in [0.5, 0.6) is 0 Å². The first-order chi connectivity index (χ1) is 12.4. The molecule has 2 N–H and O–H groups in total. The van der Waals surface area contributed by atoms with E-state index in [-0.39, 0.29) is 31.9 Å². The molecule has 0 radical (unpaired) electrons. The zero-order valence-electron chi connectivity index (χ0n) is 12.9. The second kappa shape index (κ2) is 7.27. The first kappa shape index (κ1) is 18.1. The monoisotopic (exact) mass is 394 g/mol. The molecule has 1 aromatic heterocycles. The average Bonchev–Trinajstić information content (AvgIpc) is 2.58. The fourth-order valence-corrected chi connectivity index (χ4v) is 2.72. The second-order valence-corrected chi connectivity index (χ2v) is 6.11. The molecular formula is C18H10Cl2F2N2O2. The second-order valence-electron chi connectivity index (χ2n) is 5.29. The van der Waals surface area contributed by atoms with Gasteiger partial charge in [-0.1, -0.05) is 35.3 Å². The molecule has 3 rings (SSSR count). The molecule has 0 saturated heterocycles. The lowest BCUT2D eigenvalue weighted by molar-refractivity contribution is 0.624. The molecule has 0 aliphatic carbocycles. The van der Waals surface area contributed by atoms with Crippen molar-refractivity contribution >= 4 is 35.4 Å². The molecule has 3 aromatic rings. The normalized spacial score (nSPS) is 12.6. The van der Waals surface area contributed by atoms with Gasteiger partial charge < -0.3 is 9.97 Å². The Labute approximate surface area is 155 Å². The number of aromatic nitrogens is 2. The molecule has 0 saturated carbocycles. The highest BCUT2D eigenvalue weighted by atomic mass is 35.5. The Morgan fingerprint density at radius 1 is 0.731 bits per heavy atom. The molecule has 0 fully saturated rings. The lowest BCUT2D eigenvalue weighted by Crippen LogP contribution is -2.46.